The molecule has 0 bridgehead atoms. The molecule has 0 unspecified atom stereocenters. The van der Waals surface area contributed by atoms with E-state index in [4.69, 9.17) is 4.74 Å². The van der Waals surface area contributed by atoms with Gasteiger partial charge in [0.15, 0.2) is 11.8 Å². The number of hydrogen-bond acceptors (Lipinski definition) is 4. The molecule has 0 saturated carbocycles. The van der Waals surface area contributed by atoms with Crippen LogP contribution < -0.4 is 10.6 Å². The zero-order chi connectivity index (χ0) is 20.6. The number of rotatable bonds is 8. The summed E-state index contributed by atoms with van der Waals surface area (Å²) >= 11 is 0. The van der Waals surface area contributed by atoms with Gasteiger partial charge in [0.2, 0.25) is 0 Å². The Morgan fingerprint density at radius 3 is 2.55 bits per heavy atom. The summed E-state index contributed by atoms with van der Waals surface area (Å²) in [4.78, 5) is 4.51. The Hall–Kier alpha value is -1.89. The summed E-state index contributed by atoms with van der Waals surface area (Å²) in [6.45, 7) is 4.01. The third-order valence-corrected chi connectivity index (χ3v) is 3.89. The highest BCUT2D eigenvalue weighted by Gasteiger charge is 2.27. The Bertz CT molecular complexity index is 794. The number of benzene rings is 1. The van der Waals surface area contributed by atoms with Crippen molar-refractivity contribution in [1.82, 2.24) is 25.4 Å². The van der Waals surface area contributed by atoms with Crippen molar-refractivity contribution in [2.24, 2.45) is 12.0 Å². The zero-order valence-corrected chi connectivity index (χ0v) is 18.9. The molecule has 11 heteroatoms. The van der Waals surface area contributed by atoms with Gasteiger partial charge in [0, 0.05) is 13.6 Å². The third kappa shape index (κ3) is 8.98. The first-order valence-electron chi connectivity index (χ1n) is 8.88. The molecule has 2 aromatic rings. The molecular formula is C18H26F3IN6O. The van der Waals surface area contributed by atoms with E-state index in [2.05, 4.69) is 25.8 Å². The summed E-state index contributed by atoms with van der Waals surface area (Å²) in [6, 6.07) is 7.16. The van der Waals surface area contributed by atoms with Gasteiger partial charge in [-0.25, -0.2) is 4.99 Å². The Morgan fingerprint density at radius 2 is 1.93 bits per heavy atom. The number of nitrogens with one attached hydrogen (secondary N) is 2. The summed E-state index contributed by atoms with van der Waals surface area (Å²) < 4.78 is 43.1. The first kappa shape index (κ1) is 25.1. The maximum atomic E-state index is 12.2. The van der Waals surface area contributed by atoms with Gasteiger partial charge in [-0.3, -0.25) is 0 Å². The number of aliphatic imine (C=N–C) groups is 1. The summed E-state index contributed by atoms with van der Waals surface area (Å²) in [5.41, 5.74) is 1.55. The van der Waals surface area contributed by atoms with Crippen LogP contribution in [-0.2, 0) is 31.5 Å². The number of ether oxygens (including phenoxy) is 1. The number of hydrogen-bond donors (Lipinski definition) is 2. The molecule has 2 rings (SSSR count). The maximum Gasteiger partial charge on any atom is 0.411 e. The minimum absolute atomic E-state index is 0. The largest absolute Gasteiger partial charge is 0.411 e. The highest BCUT2D eigenvalue weighted by molar-refractivity contribution is 14.0. The van der Waals surface area contributed by atoms with Crippen LogP contribution in [0.5, 0.6) is 0 Å². The number of aromatic nitrogens is 3. The highest BCUT2D eigenvalue weighted by atomic mass is 127. The topological polar surface area (TPSA) is 76.4 Å². The van der Waals surface area contributed by atoms with Crippen LogP contribution in [0.3, 0.4) is 0 Å². The predicted molar refractivity (Wildman–Crippen MR) is 115 cm³/mol. The van der Waals surface area contributed by atoms with Crippen LogP contribution in [0.1, 0.15) is 29.7 Å². The molecule has 1 aromatic heterocycles. The Balaban J connectivity index is 0.00000420. The molecule has 7 nitrogen and oxygen atoms in total. The van der Waals surface area contributed by atoms with E-state index in [1.54, 1.807) is 18.2 Å². The predicted octanol–water partition coefficient (Wildman–Crippen LogP) is 3.08. The van der Waals surface area contributed by atoms with Crippen molar-refractivity contribution in [3.63, 3.8) is 0 Å². The molecule has 0 saturated heterocycles. The second kappa shape index (κ2) is 12.0. The molecule has 1 aromatic carbocycles. The Labute approximate surface area is 185 Å². The van der Waals surface area contributed by atoms with Gasteiger partial charge in [-0.15, -0.1) is 34.2 Å². The van der Waals surface area contributed by atoms with E-state index in [9.17, 15) is 13.2 Å². The third-order valence-electron chi connectivity index (χ3n) is 3.89. The van der Waals surface area contributed by atoms with Gasteiger partial charge in [0.1, 0.15) is 12.4 Å². The molecule has 0 fully saturated rings. The fraction of sp³-hybridized carbons (Fsp3) is 0.500. The van der Waals surface area contributed by atoms with E-state index in [1.165, 1.54) is 0 Å². The van der Waals surface area contributed by atoms with Crippen LogP contribution in [0.4, 0.5) is 13.2 Å². The number of aryl methyl sites for hydroxylation is 1. The highest BCUT2D eigenvalue weighted by Crippen LogP contribution is 2.16. The second-order valence-electron chi connectivity index (χ2n) is 6.20. The lowest BCUT2D eigenvalue weighted by Gasteiger charge is -2.11. The van der Waals surface area contributed by atoms with Crippen molar-refractivity contribution in [1.29, 1.82) is 0 Å². The molecular weight excluding hydrogens is 500 g/mol. The lowest BCUT2D eigenvalue weighted by Crippen LogP contribution is -2.37. The van der Waals surface area contributed by atoms with Crippen LogP contribution in [-0.4, -0.2) is 40.1 Å². The minimum atomic E-state index is -4.32. The average Bonchev–Trinajstić information content (AvgIpc) is 2.95. The van der Waals surface area contributed by atoms with Gasteiger partial charge < -0.3 is 19.9 Å². The van der Waals surface area contributed by atoms with E-state index in [1.807, 2.05) is 31.5 Å². The Kier molecular flexibility index (Phi) is 10.4. The molecule has 0 atom stereocenters. The first-order chi connectivity index (χ1) is 13.3. The molecule has 0 radical (unpaired) electrons. The number of nitrogens with zero attached hydrogens (tertiary/aromatic N) is 4. The van der Waals surface area contributed by atoms with Crippen LogP contribution in [0.25, 0.3) is 0 Å². The molecule has 1 heterocycles. The smallest absolute Gasteiger partial charge is 0.367 e. The summed E-state index contributed by atoms with van der Waals surface area (Å²) in [5, 5.41) is 14.4. The van der Waals surface area contributed by atoms with Gasteiger partial charge in [-0.05, 0) is 25.0 Å². The standard InChI is InChI=1S/C18H25F3N6O.HI/c1-4-22-17(24-10-16-26-25-13(2)27(16)3)23-9-14-6-5-7-15(8-14)11-28-12-18(19,20)21;/h5-8H,4,9-12H2,1-3H3,(H2,22,23,24);1H. The van der Waals surface area contributed by atoms with Gasteiger partial charge in [-0.2, -0.15) is 13.2 Å². The van der Waals surface area contributed by atoms with Crippen molar-refractivity contribution < 1.29 is 17.9 Å². The molecule has 162 valence electrons. The van der Waals surface area contributed by atoms with Gasteiger partial charge >= 0.3 is 6.18 Å². The molecule has 0 aliphatic rings. The van der Waals surface area contributed by atoms with Crippen LogP contribution in [0.15, 0.2) is 29.3 Å². The number of halogens is 4. The number of alkyl halides is 3. The zero-order valence-electron chi connectivity index (χ0n) is 16.6. The summed E-state index contributed by atoms with van der Waals surface area (Å²) in [7, 11) is 1.89. The normalized spacial score (nSPS) is 11.9. The lowest BCUT2D eigenvalue weighted by atomic mass is 10.1. The van der Waals surface area contributed by atoms with Gasteiger partial charge in [0.05, 0.1) is 19.7 Å². The minimum Gasteiger partial charge on any atom is -0.367 e. The van der Waals surface area contributed by atoms with E-state index >= 15 is 0 Å². The van der Waals surface area contributed by atoms with E-state index in [0.717, 1.165) is 17.2 Å². The van der Waals surface area contributed by atoms with Crippen molar-refractivity contribution in [2.45, 2.75) is 39.7 Å². The lowest BCUT2D eigenvalue weighted by molar-refractivity contribution is -0.176. The molecule has 0 aliphatic carbocycles. The monoisotopic (exact) mass is 526 g/mol. The SMILES string of the molecule is CCNC(=NCc1cccc(COCC(F)(F)F)c1)NCc1nnc(C)n1C.I. The van der Waals surface area contributed by atoms with E-state index in [0.29, 0.717) is 31.2 Å². The van der Waals surface area contributed by atoms with Crippen molar-refractivity contribution in [3.05, 3.63) is 47.0 Å². The second-order valence-corrected chi connectivity index (χ2v) is 6.20. The maximum absolute atomic E-state index is 12.2. The fourth-order valence-electron chi connectivity index (χ4n) is 2.38. The molecule has 29 heavy (non-hydrogen) atoms. The van der Waals surface area contributed by atoms with Gasteiger partial charge in [-0.1, -0.05) is 24.3 Å². The van der Waals surface area contributed by atoms with Gasteiger partial charge in [0.25, 0.3) is 0 Å². The molecule has 0 amide bonds. The van der Waals surface area contributed by atoms with Crippen LogP contribution >= 0.6 is 24.0 Å². The van der Waals surface area contributed by atoms with Crippen molar-refractivity contribution >= 4 is 29.9 Å². The first-order valence-corrected chi connectivity index (χ1v) is 8.88. The molecule has 0 aliphatic heterocycles. The fourth-order valence-corrected chi connectivity index (χ4v) is 2.38. The molecule has 2 N–H and O–H groups in total. The van der Waals surface area contributed by atoms with Crippen LogP contribution in [0.2, 0.25) is 0 Å². The number of guanidine groups is 1. The summed E-state index contributed by atoms with van der Waals surface area (Å²) in [6.07, 6.45) is -4.32. The van der Waals surface area contributed by atoms with Crippen molar-refractivity contribution in [3.8, 4) is 0 Å². The van der Waals surface area contributed by atoms with E-state index < -0.39 is 12.8 Å². The molecule has 0 spiro atoms. The quantitative estimate of drug-likeness (QED) is 0.314. The Morgan fingerprint density at radius 1 is 1.21 bits per heavy atom. The van der Waals surface area contributed by atoms with E-state index in [-0.39, 0.29) is 30.6 Å². The summed E-state index contributed by atoms with van der Waals surface area (Å²) in [5.74, 6) is 2.22. The average molecular weight is 526 g/mol. The van der Waals surface area contributed by atoms with Crippen LogP contribution in [0, 0.1) is 6.92 Å². The van der Waals surface area contributed by atoms with Crippen molar-refractivity contribution in [2.75, 3.05) is 13.2 Å².